The molecule has 2 rings (SSSR count). The maximum absolute atomic E-state index is 6.06. The van der Waals surface area contributed by atoms with Gasteiger partial charge in [-0.15, -0.1) is 0 Å². The van der Waals surface area contributed by atoms with Crippen molar-refractivity contribution in [2.75, 3.05) is 20.8 Å². The zero-order valence-electron chi connectivity index (χ0n) is 12.4. The van der Waals surface area contributed by atoms with Gasteiger partial charge in [0.2, 0.25) is 0 Å². The molecule has 4 heteroatoms. The van der Waals surface area contributed by atoms with Crippen molar-refractivity contribution in [1.82, 2.24) is 5.32 Å². The van der Waals surface area contributed by atoms with Crippen molar-refractivity contribution in [2.24, 2.45) is 0 Å². The van der Waals surface area contributed by atoms with Gasteiger partial charge in [-0.1, -0.05) is 6.92 Å². The Kier molecular flexibility index (Phi) is 3.90. The molecule has 1 atom stereocenters. The molecule has 0 fully saturated rings. The van der Waals surface area contributed by atoms with Crippen molar-refractivity contribution < 1.29 is 14.2 Å². The Morgan fingerprint density at radius 3 is 2.47 bits per heavy atom. The minimum absolute atomic E-state index is 0.181. The Hall–Kier alpha value is -1.42. The maximum atomic E-state index is 6.06. The van der Waals surface area contributed by atoms with Gasteiger partial charge in [0.15, 0.2) is 11.5 Å². The maximum Gasteiger partial charge on any atom is 0.164 e. The average molecular weight is 265 g/mol. The van der Waals surface area contributed by atoms with Crippen LogP contribution in [0.5, 0.6) is 17.2 Å². The van der Waals surface area contributed by atoms with E-state index in [2.05, 4.69) is 26.1 Å². The highest BCUT2D eigenvalue weighted by molar-refractivity contribution is 5.53. The van der Waals surface area contributed by atoms with Gasteiger partial charge in [0, 0.05) is 24.1 Å². The van der Waals surface area contributed by atoms with E-state index in [1.807, 2.05) is 12.1 Å². The topological polar surface area (TPSA) is 39.7 Å². The fourth-order valence-electron chi connectivity index (χ4n) is 2.61. The van der Waals surface area contributed by atoms with Crippen molar-refractivity contribution in [3.05, 3.63) is 17.7 Å². The Labute approximate surface area is 115 Å². The van der Waals surface area contributed by atoms with Gasteiger partial charge in [0.1, 0.15) is 11.4 Å². The van der Waals surface area contributed by atoms with Crippen LogP contribution < -0.4 is 19.5 Å². The summed E-state index contributed by atoms with van der Waals surface area (Å²) in [5.74, 6) is 2.32. The van der Waals surface area contributed by atoms with Crippen LogP contribution in [0.4, 0.5) is 0 Å². The summed E-state index contributed by atoms with van der Waals surface area (Å²) < 4.78 is 16.8. The van der Waals surface area contributed by atoms with Crippen LogP contribution in [0.3, 0.4) is 0 Å². The highest BCUT2D eigenvalue weighted by atomic mass is 16.5. The third-order valence-electron chi connectivity index (χ3n) is 3.42. The highest BCUT2D eigenvalue weighted by Crippen LogP contribution is 2.44. The van der Waals surface area contributed by atoms with Gasteiger partial charge in [-0.3, -0.25) is 0 Å². The Balaban J connectivity index is 2.47. The van der Waals surface area contributed by atoms with Crippen LogP contribution in [-0.2, 0) is 0 Å². The van der Waals surface area contributed by atoms with Gasteiger partial charge in [0.25, 0.3) is 0 Å². The van der Waals surface area contributed by atoms with E-state index >= 15 is 0 Å². The van der Waals surface area contributed by atoms with Gasteiger partial charge in [-0.05, 0) is 26.5 Å². The predicted octanol–water partition coefficient (Wildman–Crippen LogP) is 2.92. The molecule has 1 aromatic rings. The third-order valence-corrected chi connectivity index (χ3v) is 3.42. The van der Waals surface area contributed by atoms with Crippen LogP contribution in [0, 0.1) is 0 Å². The number of fused-ring (bicyclic) bond motifs is 1. The lowest BCUT2D eigenvalue weighted by Gasteiger charge is -2.38. The summed E-state index contributed by atoms with van der Waals surface area (Å²) in [6.45, 7) is 7.26. The summed E-state index contributed by atoms with van der Waals surface area (Å²) in [5.41, 5.74) is 0.957. The second-order valence-corrected chi connectivity index (χ2v) is 5.42. The minimum atomic E-state index is -0.181. The van der Waals surface area contributed by atoms with E-state index in [9.17, 15) is 0 Å². The number of benzene rings is 1. The molecule has 0 amide bonds. The van der Waals surface area contributed by atoms with E-state index in [1.54, 1.807) is 14.2 Å². The molecule has 0 saturated heterocycles. The standard InChI is InChI=1S/C15H23NO3/c1-6-16-11-9-15(2,3)19-12-8-14(18-5)13(17-4)7-10(11)12/h7-8,11,16H,6,9H2,1-5H3. The number of rotatable bonds is 4. The van der Waals surface area contributed by atoms with Crippen LogP contribution in [-0.4, -0.2) is 26.4 Å². The van der Waals surface area contributed by atoms with Gasteiger partial charge >= 0.3 is 0 Å². The molecule has 1 aromatic carbocycles. The molecule has 0 bridgehead atoms. The van der Waals surface area contributed by atoms with Gasteiger partial charge < -0.3 is 19.5 Å². The van der Waals surface area contributed by atoms with Gasteiger partial charge in [0.05, 0.1) is 14.2 Å². The predicted molar refractivity (Wildman–Crippen MR) is 75.3 cm³/mol. The lowest BCUT2D eigenvalue weighted by Crippen LogP contribution is -2.39. The number of nitrogens with one attached hydrogen (secondary N) is 1. The summed E-state index contributed by atoms with van der Waals surface area (Å²) >= 11 is 0. The first-order chi connectivity index (χ1) is 9.00. The molecule has 0 saturated carbocycles. The number of methoxy groups -OCH3 is 2. The normalized spacial score (nSPS) is 20.4. The Morgan fingerprint density at radius 2 is 1.89 bits per heavy atom. The van der Waals surface area contributed by atoms with Crippen LogP contribution in [0.15, 0.2) is 12.1 Å². The number of hydrogen-bond acceptors (Lipinski definition) is 4. The molecule has 1 unspecified atom stereocenters. The van der Waals surface area contributed by atoms with Crippen LogP contribution in [0.25, 0.3) is 0 Å². The molecular formula is C15H23NO3. The quantitative estimate of drug-likeness (QED) is 0.908. The van der Waals surface area contributed by atoms with Crippen molar-refractivity contribution in [3.8, 4) is 17.2 Å². The SMILES string of the molecule is CCNC1CC(C)(C)Oc2cc(OC)c(OC)cc21. The fourth-order valence-corrected chi connectivity index (χ4v) is 2.61. The minimum Gasteiger partial charge on any atom is -0.493 e. The molecule has 1 aliphatic heterocycles. The van der Waals surface area contributed by atoms with Crippen molar-refractivity contribution in [2.45, 2.75) is 38.8 Å². The molecule has 1 aliphatic rings. The molecule has 1 heterocycles. The second kappa shape index (κ2) is 5.29. The Morgan fingerprint density at radius 1 is 1.26 bits per heavy atom. The monoisotopic (exact) mass is 265 g/mol. The van der Waals surface area contributed by atoms with E-state index in [0.717, 1.165) is 30.0 Å². The molecule has 0 radical (unpaired) electrons. The Bertz CT molecular complexity index is 457. The number of ether oxygens (including phenoxy) is 3. The first-order valence-corrected chi connectivity index (χ1v) is 6.69. The van der Waals surface area contributed by atoms with E-state index in [0.29, 0.717) is 5.75 Å². The molecule has 1 N–H and O–H groups in total. The third kappa shape index (κ3) is 2.78. The second-order valence-electron chi connectivity index (χ2n) is 5.42. The molecular weight excluding hydrogens is 242 g/mol. The highest BCUT2D eigenvalue weighted by Gasteiger charge is 2.34. The molecule has 0 aromatic heterocycles. The van der Waals surface area contributed by atoms with E-state index in [1.165, 1.54) is 0 Å². The molecule has 0 aliphatic carbocycles. The lowest BCUT2D eigenvalue weighted by molar-refractivity contribution is 0.0658. The molecule has 4 nitrogen and oxygen atoms in total. The lowest BCUT2D eigenvalue weighted by atomic mass is 9.89. The zero-order chi connectivity index (χ0) is 14.0. The van der Waals surface area contributed by atoms with E-state index in [4.69, 9.17) is 14.2 Å². The first kappa shape index (κ1) is 14.0. The summed E-state index contributed by atoms with van der Waals surface area (Å²) in [4.78, 5) is 0. The molecule has 106 valence electrons. The summed E-state index contributed by atoms with van der Waals surface area (Å²) in [6.07, 6.45) is 0.934. The summed E-state index contributed by atoms with van der Waals surface area (Å²) in [6, 6.07) is 4.21. The summed E-state index contributed by atoms with van der Waals surface area (Å²) in [5, 5.41) is 3.51. The van der Waals surface area contributed by atoms with Crippen LogP contribution in [0.2, 0.25) is 0 Å². The zero-order valence-corrected chi connectivity index (χ0v) is 12.4. The van der Waals surface area contributed by atoms with Crippen LogP contribution in [0.1, 0.15) is 38.8 Å². The summed E-state index contributed by atoms with van der Waals surface area (Å²) in [7, 11) is 3.29. The van der Waals surface area contributed by atoms with Crippen LogP contribution >= 0.6 is 0 Å². The van der Waals surface area contributed by atoms with Crippen molar-refractivity contribution >= 4 is 0 Å². The van der Waals surface area contributed by atoms with Crippen molar-refractivity contribution in [1.29, 1.82) is 0 Å². The van der Waals surface area contributed by atoms with Gasteiger partial charge in [-0.2, -0.15) is 0 Å². The van der Waals surface area contributed by atoms with Gasteiger partial charge in [-0.25, -0.2) is 0 Å². The number of hydrogen-bond donors (Lipinski definition) is 1. The van der Waals surface area contributed by atoms with Crippen molar-refractivity contribution in [3.63, 3.8) is 0 Å². The smallest absolute Gasteiger partial charge is 0.164 e. The fraction of sp³-hybridized carbons (Fsp3) is 0.600. The molecule has 0 spiro atoms. The van der Waals surface area contributed by atoms with E-state index in [-0.39, 0.29) is 11.6 Å². The molecule has 19 heavy (non-hydrogen) atoms. The first-order valence-electron chi connectivity index (χ1n) is 6.69. The average Bonchev–Trinajstić information content (AvgIpc) is 2.36. The van der Waals surface area contributed by atoms with E-state index < -0.39 is 0 Å². The largest absolute Gasteiger partial charge is 0.493 e.